The van der Waals surface area contributed by atoms with Crippen molar-refractivity contribution in [3.8, 4) is 23.1 Å². The van der Waals surface area contributed by atoms with E-state index in [9.17, 15) is 8.78 Å². The molecule has 3 aromatic rings. The minimum absolute atomic E-state index is 0.000983. The van der Waals surface area contributed by atoms with Gasteiger partial charge >= 0.3 is 6.61 Å². The average molecular weight is 410 g/mol. The number of nitrogens with zero attached hydrogens (tertiary/aromatic N) is 4. The molecule has 0 bridgehead atoms. The Balaban J connectivity index is 1.73. The van der Waals surface area contributed by atoms with Crippen LogP contribution in [0, 0.1) is 4.77 Å². The molecule has 0 aliphatic carbocycles. The Morgan fingerprint density at radius 2 is 2.07 bits per heavy atom. The van der Waals surface area contributed by atoms with E-state index < -0.39 is 6.61 Å². The van der Waals surface area contributed by atoms with Crippen LogP contribution in [0.25, 0.3) is 11.6 Å². The van der Waals surface area contributed by atoms with Crippen molar-refractivity contribution in [3.63, 3.8) is 0 Å². The number of ether oxygens (including phenoxy) is 2. The molecule has 150 valence electrons. The molecule has 3 rings (SSSR count). The lowest BCUT2D eigenvalue weighted by molar-refractivity contribution is -0.0512. The summed E-state index contributed by atoms with van der Waals surface area (Å²) in [6, 6.07) is 8.46. The molecule has 7 nitrogen and oxygen atoms in total. The number of aromatic nitrogens is 3. The van der Waals surface area contributed by atoms with Gasteiger partial charge in [0.05, 0.1) is 20.0 Å². The van der Waals surface area contributed by atoms with Gasteiger partial charge in [-0.05, 0) is 49.1 Å². The van der Waals surface area contributed by atoms with Gasteiger partial charge in [-0.25, -0.2) is 4.68 Å². The van der Waals surface area contributed by atoms with Gasteiger partial charge in [-0.3, -0.25) is 4.90 Å². The van der Waals surface area contributed by atoms with Crippen LogP contribution in [0.15, 0.2) is 41.0 Å². The molecule has 10 heteroatoms. The zero-order valence-electron chi connectivity index (χ0n) is 15.6. The van der Waals surface area contributed by atoms with Crippen LogP contribution in [0.2, 0.25) is 0 Å². The molecule has 0 unspecified atom stereocenters. The van der Waals surface area contributed by atoms with Crippen molar-refractivity contribution in [2.75, 3.05) is 14.2 Å². The molecule has 1 aromatic carbocycles. The Kier molecular flexibility index (Phi) is 6.10. The number of benzene rings is 1. The summed E-state index contributed by atoms with van der Waals surface area (Å²) < 4.78 is 43.9. The van der Waals surface area contributed by atoms with Gasteiger partial charge in [0.25, 0.3) is 0 Å². The summed E-state index contributed by atoms with van der Waals surface area (Å²) in [5.74, 6) is 1.52. The molecule has 28 heavy (non-hydrogen) atoms. The Bertz CT molecular complexity index is 985. The van der Waals surface area contributed by atoms with E-state index in [4.69, 9.17) is 21.4 Å². The molecule has 0 atom stereocenters. The number of hydrogen-bond donors (Lipinski definition) is 0. The maximum absolute atomic E-state index is 12.4. The topological polar surface area (TPSA) is 57.6 Å². The van der Waals surface area contributed by atoms with Gasteiger partial charge in [-0.15, -0.1) is 5.10 Å². The van der Waals surface area contributed by atoms with Gasteiger partial charge in [-0.2, -0.15) is 8.78 Å². The van der Waals surface area contributed by atoms with Crippen LogP contribution in [0.5, 0.6) is 11.5 Å². The summed E-state index contributed by atoms with van der Waals surface area (Å²) in [5, 5.41) is 4.53. The SMILES string of the molecule is COc1cc(CN(C)Cn2nc(-c3ccco3)n(C)c2=S)ccc1OC(F)F. The summed E-state index contributed by atoms with van der Waals surface area (Å²) in [6.07, 6.45) is 1.58. The molecule has 0 saturated heterocycles. The van der Waals surface area contributed by atoms with Crippen LogP contribution >= 0.6 is 12.2 Å². The van der Waals surface area contributed by atoms with E-state index in [1.165, 1.54) is 13.2 Å². The molecule has 0 radical (unpaired) electrons. The molecule has 0 N–H and O–H groups in total. The van der Waals surface area contributed by atoms with Crippen molar-refractivity contribution >= 4 is 12.2 Å². The predicted octanol–water partition coefficient (Wildman–Crippen LogP) is 3.91. The first-order valence-corrected chi connectivity index (χ1v) is 8.78. The van der Waals surface area contributed by atoms with Gasteiger partial charge in [0.15, 0.2) is 27.9 Å². The average Bonchev–Trinajstić information content (AvgIpc) is 3.27. The van der Waals surface area contributed by atoms with E-state index >= 15 is 0 Å². The van der Waals surface area contributed by atoms with Crippen LogP contribution < -0.4 is 9.47 Å². The highest BCUT2D eigenvalue weighted by molar-refractivity contribution is 7.71. The second-order valence-electron chi connectivity index (χ2n) is 6.16. The second kappa shape index (κ2) is 8.53. The van der Waals surface area contributed by atoms with Crippen molar-refractivity contribution in [2.24, 2.45) is 7.05 Å². The van der Waals surface area contributed by atoms with Crippen molar-refractivity contribution < 1.29 is 22.7 Å². The minimum Gasteiger partial charge on any atom is -0.493 e. The molecule has 0 fully saturated rings. The second-order valence-corrected chi connectivity index (χ2v) is 6.53. The fraction of sp³-hybridized carbons (Fsp3) is 0.333. The molecular formula is C18H20F2N4O3S. The fourth-order valence-electron chi connectivity index (χ4n) is 2.79. The molecule has 2 aromatic heterocycles. The molecule has 0 saturated carbocycles. The molecule has 0 amide bonds. The van der Waals surface area contributed by atoms with E-state index in [0.717, 1.165) is 5.56 Å². The summed E-state index contributed by atoms with van der Waals surface area (Å²) >= 11 is 5.46. The monoisotopic (exact) mass is 410 g/mol. The van der Waals surface area contributed by atoms with Gasteiger partial charge in [0.1, 0.15) is 0 Å². The zero-order valence-corrected chi connectivity index (χ0v) is 16.4. The van der Waals surface area contributed by atoms with Gasteiger partial charge in [-0.1, -0.05) is 6.07 Å². The number of methoxy groups -OCH3 is 1. The first-order valence-electron chi connectivity index (χ1n) is 8.37. The first kappa shape index (κ1) is 20.0. The standard InChI is InChI=1S/C18H20F2N4O3S/c1-22(10-12-6-7-13(27-17(19)20)15(9-12)25-3)11-24-18(28)23(2)16(21-24)14-5-4-8-26-14/h4-9,17H,10-11H2,1-3H3. The van der Waals surface area contributed by atoms with Crippen LogP contribution in [0.4, 0.5) is 8.78 Å². The predicted molar refractivity (Wildman–Crippen MR) is 101 cm³/mol. The first-order chi connectivity index (χ1) is 13.4. The Hall–Kier alpha value is -2.72. The third-order valence-electron chi connectivity index (χ3n) is 4.05. The van der Waals surface area contributed by atoms with E-state index in [2.05, 4.69) is 9.84 Å². The quantitative estimate of drug-likeness (QED) is 0.525. The number of alkyl halides is 2. The lowest BCUT2D eigenvalue weighted by Gasteiger charge is -2.18. The number of furan rings is 1. The summed E-state index contributed by atoms with van der Waals surface area (Å²) in [6.45, 7) is -1.94. The highest BCUT2D eigenvalue weighted by Gasteiger charge is 2.15. The number of rotatable bonds is 8. The number of halogens is 2. The summed E-state index contributed by atoms with van der Waals surface area (Å²) in [5.41, 5.74) is 0.870. The summed E-state index contributed by atoms with van der Waals surface area (Å²) in [4.78, 5) is 1.98. The van der Waals surface area contributed by atoms with Crippen LogP contribution in [0.1, 0.15) is 5.56 Å². The van der Waals surface area contributed by atoms with Crippen molar-refractivity contribution in [1.82, 2.24) is 19.2 Å². The Morgan fingerprint density at radius 3 is 2.71 bits per heavy atom. The maximum atomic E-state index is 12.4. The van der Waals surface area contributed by atoms with E-state index in [1.807, 2.05) is 25.1 Å². The maximum Gasteiger partial charge on any atom is 0.387 e. The summed E-state index contributed by atoms with van der Waals surface area (Å²) in [7, 11) is 5.14. The van der Waals surface area contributed by atoms with Crippen molar-refractivity contribution in [2.45, 2.75) is 19.8 Å². The van der Waals surface area contributed by atoms with Crippen LogP contribution in [0.3, 0.4) is 0 Å². The van der Waals surface area contributed by atoms with Crippen molar-refractivity contribution in [3.05, 3.63) is 46.9 Å². The van der Waals surface area contributed by atoms with E-state index in [0.29, 0.717) is 29.6 Å². The zero-order chi connectivity index (χ0) is 20.3. The smallest absolute Gasteiger partial charge is 0.387 e. The normalized spacial score (nSPS) is 11.4. The lowest BCUT2D eigenvalue weighted by Crippen LogP contribution is -2.22. The fourth-order valence-corrected chi connectivity index (χ4v) is 2.98. The van der Waals surface area contributed by atoms with Crippen molar-refractivity contribution in [1.29, 1.82) is 0 Å². The largest absolute Gasteiger partial charge is 0.493 e. The highest BCUT2D eigenvalue weighted by Crippen LogP contribution is 2.29. The lowest BCUT2D eigenvalue weighted by atomic mass is 10.2. The molecule has 0 aliphatic rings. The van der Waals surface area contributed by atoms with Gasteiger partial charge < -0.3 is 18.5 Å². The van der Waals surface area contributed by atoms with Gasteiger partial charge in [0, 0.05) is 13.6 Å². The van der Waals surface area contributed by atoms with Crippen LogP contribution in [-0.2, 0) is 20.3 Å². The third-order valence-corrected chi connectivity index (χ3v) is 4.54. The molecular weight excluding hydrogens is 390 g/mol. The van der Waals surface area contributed by atoms with E-state index in [-0.39, 0.29) is 11.5 Å². The molecule has 0 spiro atoms. The van der Waals surface area contributed by atoms with E-state index in [1.54, 1.807) is 33.7 Å². The Labute approximate surface area is 165 Å². The minimum atomic E-state index is -2.91. The third kappa shape index (κ3) is 4.39. The molecule has 0 aliphatic heterocycles. The highest BCUT2D eigenvalue weighted by atomic mass is 32.1. The Morgan fingerprint density at radius 1 is 1.29 bits per heavy atom. The molecule has 2 heterocycles. The van der Waals surface area contributed by atoms with Crippen LogP contribution in [-0.4, -0.2) is 40.0 Å². The van der Waals surface area contributed by atoms with Gasteiger partial charge in [0.2, 0.25) is 0 Å². The number of hydrogen-bond acceptors (Lipinski definition) is 6.